The third-order valence-corrected chi connectivity index (χ3v) is 3.91. The van der Waals surface area contributed by atoms with E-state index in [1.807, 2.05) is 19.2 Å². The molecule has 0 aliphatic heterocycles. The van der Waals surface area contributed by atoms with Gasteiger partial charge in [0.05, 0.1) is 10.9 Å². The van der Waals surface area contributed by atoms with Crippen LogP contribution in [0.5, 0.6) is 0 Å². The Morgan fingerprint density at radius 2 is 2.14 bits per heavy atom. The summed E-state index contributed by atoms with van der Waals surface area (Å²) in [5, 5.41) is 13.9. The minimum absolute atomic E-state index is 0.435. The number of nitrogens with two attached hydrogens (primary N) is 1. The number of nitrogens with zero attached hydrogens (tertiary/aromatic N) is 5. The summed E-state index contributed by atoms with van der Waals surface area (Å²) in [5.41, 5.74) is 10.5. The minimum Gasteiger partial charge on any atom is -0.383 e. The molecule has 22 heavy (non-hydrogen) atoms. The van der Waals surface area contributed by atoms with Crippen LogP contribution in [0.25, 0.3) is 33.2 Å². The summed E-state index contributed by atoms with van der Waals surface area (Å²) >= 11 is 0. The van der Waals surface area contributed by atoms with E-state index in [2.05, 4.69) is 38.3 Å². The van der Waals surface area contributed by atoms with Crippen LogP contribution in [0, 0.1) is 0 Å². The second kappa shape index (κ2) is 4.52. The molecule has 0 unspecified atom stereocenters. The number of aromatic amines is 1. The highest BCUT2D eigenvalue weighted by atomic mass is 15.3. The summed E-state index contributed by atoms with van der Waals surface area (Å²) in [4.78, 5) is 8.33. The molecule has 0 aliphatic rings. The monoisotopic (exact) mass is 293 g/mol. The molecule has 110 valence electrons. The average molecular weight is 293 g/mol. The van der Waals surface area contributed by atoms with Crippen molar-refractivity contribution in [3.63, 3.8) is 0 Å². The van der Waals surface area contributed by atoms with Gasteiger partial charge in [-0.2, -0.15) is 10.2 Å². The van der Waals surface area contributed by atoms with E-state index in [0.717, 1.165) is 45.3 Å². The van der Waals surface area contributed by atoms with E-state index >= 15 is 0 Å². The minimum atomic E-state index is 0.435. The van der Waals surface area contributed by atoms with Gasteiger partial charge in [-0.05, 0) is 12.5 Å². The number of benzene rings is 1. The maximum atomic E-state index is 6.02. The van der Waals surface area contributed by atoms with Crippen LogP contribution in [0.2, 0.25) is 0 Å². The molecular weight excluding hydrogens is 278 g/mol. The van der Waals surface area contributed by atoms with Gasteiger partial charge in [-0.25, -0.2) is 14.6 Å². The number of anilines is 1. The van der Waals surface area contributed by atoms with Crippen LogP contribution in [-0.4, -0.2) is 29.9 Å². The van der Waals surface area contributed by atoms with Crippen molar-refractivity contribution in [2.45, 2.75) is 13.3 Å². The SMILES string of the molecule is CCc1[nH]nc2cc(-c3nn(C)c4ncnc(N)c34)ccc12. The van der Waals surface area contributed by atoms with E-state index < -0.39 is 0 Å². The lowest BCUT2D eigenvalue weighted by molar-refractivity contribution is 0.789. The first kappa shape index (κ1) is 12.8. The third-order valence-electron chi connectivity index (χ3n) is 3.91. The summed E-state index contributed by atoms with van der Waals surface area (Å²) in [7, 11) is 1.85. The van der Waals surface area contributed by atoms with E-state index in [1.165, 1.54) is 6.33 Å². The Balaban J connectivity index is 1.99. The molecule has 3 heterocycles. The van der Waals surface area contributed by atoms with Gasteiger partial charge in [-0.1, -0.05) is 19.1 Å². The quantitative estimate of drug-likeness (QED) is 0.589. The number of aromatic nitrogens is 6. The number of nitrogens with one attached hydrogen (secondary N) is 1. The van der Waals surface area contributed by atoms with E-state index in [4.69, 9.17) is 5.73 Å². The first-order valence-electron chi connectivity index (χ1n) is 7.09. The van der Waals surface area contributed by atoms with Crippen molar-refractivity contribution in [2.75, 3.05) is 5.73 Å². The normalized spacial score (nSPS) is 11.5. The molecule has 3 aromatic heterocycles. The van der Waals surface area contributed by atoms with Crippen molar-refractivity contribution in [2.24, 2.45) is 7.05 Å². The molecule has 0 amide bonds. The molecule has 0 spiro atoms. The van der Waals surface area contributed by atoms with E-state index in [9.17, 15) is 0 Å². The van der Waals surface area contributed by atoms with Crippen LogP contribution < -0.4 is 5.73 Å². The van der Waals surface area contributed by atoms with Gasteiger partial charge in [-0.15, -0.1) is 0 Å². The number of hydrogen-bond donors (Lipinski definition) is 2. The Morgan fingerprint density at radius 3 is 2.95 bits per heavy atom. The summed E-state index contributed by atoms with van der Waals surface area (Å²) < 4.78 is 1.72. The van der Waals surface area contributed by atoms with Crippen LogP contribution in [-0.2, 0) is 13.5 Å². The highest BCUT2D eigenvalue weighted by molar-refractivity contribution is 5.99. The zero-order chi connectivity index (χ0) is 15.3. The highest BCUT2D eigenvalue weighted by Gasteiger charge is 2.16. The average Bonchev–Trinajstić information content (AvgIpc) is 3.09. The van der Waals surface area contributed by atoms with E-state index in [0.29, 0.717) is 5.82 Å². The van der Waals surface area contributed by atoms with Crippen molar-refractivity contribution in [1.82, 2.24) is 29.9 Å². The molecule has 3 N–H and O–H groups in total. The Bertz CT molecular complexity index is 996. The molecule has 0 fully saturated rings. The lowest BCUT2D eigenvalue weighted by Gasteiger charge is -2.00. The van der Waals surface area contributed by atoms with Crippen molar-refractivity contribution in [3.8, 4) is 11.3 Å². The predicted molar refractivity (Wildman–Crippen MR) is 85.2 cm³/mol. The fourth-order valence-corrected chi connectivity index (χ4v) is 2.80. The molecule has 7 nitrogen and oxygen atoms in total. The maximum Gasteiger partial charge on any atom is 0.163 e. The van der Waals surface area contributed by atoms with Crippen LogP contribution >= 0.6 is 0 Å². The Morgan fingerprint density at radius 1 is 1.27 bits per heavy atom. The molecule has 0 radical (unpaired) electrons. The molecule has 4 rings (SSSR count). The van der Waals surface area contributed by atoms with E-state index in [1.54, 1.807) is 4.68 Å². The van der Waals surface area contributed by atoms with Crippen molar-refractivity contribution < 1.29 is 0 Å². The second-order valence-corrected chi connectivity index (χ2v) is 5.22. The highest BCUT2D eigenvalue weighted by Crippen LogP contribution is 2.31. The number of hydrogen-bond acceptors (Lipinski definition) is 5. The van der Waals surface area contributed by atoms with Crippen molar-refractivity contribution in [3.05, 3.63) is 30.2 Å². The maximum absolute atomic E-state index is 6.02. The zero-order valence-electron chi connectivity index (χ0n) is 12.3. The lowest BCUT2D eigenvalue weighted by Crippen LogP contribution is -1.95. The molecule has 0 atom stereocenters. The standard InChI is InChI=1S/C15H15N7/c1-3-10-9-5-4-8(6-11(9)20-19-10)13-12-14(16)17-7-18-15(12)22(2)21-13/h4-7H,3H2,1-2H3,(H,19,20)(H2,16,17,18). The Kier molecular flexibility index (Phi) is 2.62. The van der Waals surface area contributed by atoms with Gasteiger partial charge in [0.25, 0.3) is 0 Å². The van der Waals surface area contributed by atoms with Gasteiger partial charge in [0.15, 0.2) is 5.65 Å². The fraction of sp³-hybridized carbons (Fsp3) is 0.200. The first-order chi connectivity index (χ1) is 10.7. The largest absolute Gasteiger partial charge is 0.383 e. The molecule has 7 heteroatoms. The number of nitrogen functional groups attached to an aromatic ring is 1. The number of aryl methyl sites for hydroxylation is 2. The molecular formula is C15H15N7. The van der Waals surface area contributed by atoms with Crippen molar-refractivity contribution in [1.29, 1.82) is 0 Å². The molecule has 0 saturated carbocycles. The smallest absolute Gasteiger partial charge is 0.163 e. The Hall–Kier alpha value is -2.96. The molecule has 4 aromatic rings. The van der Waals surface area contributed by atoms with Gasteiger partial charge in [0.1, 0.15) is 17.8 Å². The zero-order valence-corrected chi connectivity index (χ0v) is 12.3. The Labute approximate surface area is 126 Å². The van der Waals surface area contributed by atoms with Gasteiger partial charge in [0.2, 0.25) is 0 Å². The van der Waals surface area contributed by atoms with Crippen LogP contribution in [0.3, 0.4) is 0 Å². The number of H-pyrrole nitrogens is 1. The van der Waals surface area contributed by atoms with Crippen LogP contribution in [0.4, 0.5) is 5.82 Å². The third kappa shape index (κ3) is 1.68. The van der Waals surface area contributed by atoms with Gasteiger partial charge >= 0.3 is 0 Å². The van der Waals surface area contributed by atoms with Crippen molar-refractivity contribution >= 4 is 27.8 Å². The van der Waals surface area contributed by atoms with Crippen LogP contribution in [0.15, 0.2) is 24.5 Å². The molecule has 0 saturated heterocycles. The molecule has 0 aliphatic carbocycles. The molecule has 1 aromatic carbocycles. The number of rotatable bonds is 2. The lowest BCUT2D eigenvalue weighted by atomic mass is 10.1. The van der Waals surface area contributed by atoms with Gasteiger partial charge < -0.3 is 5.73 Å². The topological polar surface area (TPSA) is 98.3 Å². The predicted octanol–water partition coefficient (Wildman–Crippen LogP) is 2.05. The van der Waals surface area contributed by atoms with Gasteiger partial charge in [-0.3, -0.25) is 5.10 Å². The number of fused-ring (bicyclic) bond motifs is 2. The second-order valence-electron chi connectivity index (χ2n) is 5.22. The van der Waals surface area contributed by atoms with E-state index in [-0.39, 0.29) is 0 Å². The summed E-state index contributed by atoms with van der Waals surface area (Å²) in [6.45, 7) is 2.10. The summed E-state index contributed by atoms with van der Waals surface area (Å²) in [6.07, 6.45) is 2.37. The summed E-state index contributed by atoms with van der Waals surface area (Å²) in [6, 6.07) is 6.11. The molecule has 0 bridgehead atoms. The van der Waals surface area contributed by atoms with Gasteiger partial charge in [0, 0.05) is 23.7 Å². The van der Waals surface area contributed by atoms with Crippen LogP contribution in [0.1, 0.15) is 12.6 Å². The fourth-order valence-electron chi connectivity index (χ4n) is 2.80. The summed E-state index contributed by atoms with van der Waals surface area (Å²) in [5.74, 6) is 0.435. The first-order valence-corrected chi connectivity index (χ1v) is 7.09.